The molecular formula is C22H20BrNO3. The number of para-hydroxylation sites is 1. The van der Waals surface area contributed by atoms with Gasteiger partial charge in [-0.2, -0.15) is 0 Å². The van der Waals surface area contributed by atoms with E-state index in [1.165, 1.54) is 0 Å². The van der Waals surface area contributed by atoms with E-state index in [0.29, 0.717) is 18.6 Å². The van der Waals surface area contributed by atoms with Gasteiger partial charge < -0.3 is 9.64 Å². The van der Waals surface area contributed by atoms with Crippen molar-refractivity contribution in [2.45, 2.75) is 25.4 Å². The fourth-order valence-corrected chi connectivity index (χ4v) is 4.31. The minimum absolute atomic E-state index is 0.0319. The summed E-state index contributed by atoms with van der Waals surface area (Å²) in [4.78, 5) is 28.0. The first-order valence-electron chi connectivity index (χ1n) is 9.12. The highest BCUT2D eigenvalue weighted by Crippen LogP contribution is 2.42. The Bertz CT molecular complexity index is 906. The molecule has 0 bridgehead atoms. The summed E-state index contributed by atoms with van der Waals surface area (Å²) in [6.45, 7) is 2.15. The number of anilines is 1. The number of carbonyl (C=O) groups is 2. The van der Waals surface area contributed by atoms with Crippen LogP contribution in [-0.2, 0) is 9.53 Å². The number of rotatable bonds is 4. The number of hydrogen-bond donors (Lipinski definition) is 0. The van der Waals surface area contributed by atoms with Crippen molar-refractivity contribution in [3.63, 3.8) is 0 Å². The van der Waals surface area contributed by atoms with E-state index in [-0.39, 0.29) is 23.7 Å². The summed E-state index contributed by atoms with van der Waals surface area (Å²) in [5, 5.41) is 0. The topological polar surface area (TPSA) is 46.6 Å². The summed E-state index contributed by atoms with van der Waals surface area (Å²) in [5.41, 5.74) is 2.71. The predicted octanol–water partition coefficient (Wildman–Crippen LogP) is 4.49. The third kappa shape index (κ3) is 3.21. The van der Waals surface area contributed by atoms with Crippen LogP contribution in [-0.4, -0.2) is 30.4 Å². The van der Waals surface area contributed by atoms with E-state index < -0.39 is 6.04 Å². The Morgan fingerprint density at radius 2 is 1.89 bits per heavy atom. The van der Waals surface area contributed by atoms with Crippen molar-refractivity contribution >= 4 is 39.4 Å². The van der Waals surface area contributed by atoms with Crippen molar-refractivity contribution in [1.29, 1.82) is 0 Å². The SMILES string of the molecule is CCOC(=O)[C@@H]1C[C@@H](C(=O)c2ccc(Br)cc2)N2c3ccccc3C=C[C@H]12. The third-order valence-electron chi connectivity index (χ3n) is 5.26. The van der Waals surface area contributed by atoms with Gasteiger partial charge in [0.2, 0.25) is 0 Å². The van der Waals surface area contributed by atoms with Gasteiger partial charge >= 0.3 is 5.97 Å². The molecule has 27 heavy (non-hydrogen) atoms. The lowest BCUT2D eigenvalue weighted by Gasteiger charge is -2.35. The molecule has 4 nitrogen and oxygen atoms in total. The quantitative estimate of drug-likeness (QED) is 0.534. The van der Waals surface area contributed by atoms with E-state index >= 15 is 0 Å². The Balaban J connectivity index is 1.74. The molecule has 138 valence electrons. The number of fused-ring (bicyclic) bond motifs is 3. The summed E-state index contributed by atoms with van der Waals surface area (Å²) >= 11 is 3.41. The number of benzene rings is 2. The molecule has 0 unspecified atom stereocenters. The van der Waals surface area contributed by atoms with Crippen molar-refractivity contribution < 1.29 is 14.3 Å². The summed E-state index contributed by atoms with van der Waals surface area (Å²) in [7, 11) is 0. The number of ketones is 1. The number of carbonyl (C=O) groups excluding carboxylic acids is 2. The number of nitrogens with zero attached hydrogens (tertiary/aromatic N) is 1. The van der Waals surface area contributed by atoms with Gasteiger partial charge in [0.05, 0.1) is 24.6 Å². The molecule has 2 aromatic carbocycles. The molecule has 4 rings (SSSR count). The number of hydrogen-bond acceptors (Lipinski definition) is 4. The highest BCUT2D eigenvalue weighted by Gasteiger charge is 2.48. The lowest BCUT2D eigenvalue weighted by molar-refractivity contribution is -0.147. The predicted molar refractivity (Wildman–Crippen MR) is 109 cm³/mol. The Morgan fingerprint density at radius 3 is 2.63 bits per heavy atom. The van der Waals surface area contributed by atoms with Crippen LogP contribution in [0.3, 0.4) is 0 Å². The zero-order valence-electron chi connectivity index (χ0n) is 15.0. The highest BCUT2D eigenvalue weighted by atomic mass is 79.9. The first-order chi connectivity index (χ1) is 13.1. The molecule has 1 saturated heterocycles. The summed E-state index contributed by atoms with van der Waals surface area (Å²) in [6.07, 6.45) is 4.52. The Morgan fingerprint density at radius 1 is 1.15 bits per heavy atom. The van der Waals surface area contributed by atoms with Crippen molar-refractivity contribution in [3.8, 4) is 0 Å². The average Bonchev–Trinajstić information content (AvgIpc) is 3.08. The maximum atomic E-state index is 13.3. The fourth-order valence-electron chi connectivity index (χ4n) is 4.04. The van der Waals surface area contributed by atoms with Crippen LogP contribution in [0, 0.1) is 5.92 Å². The molecule has 0 N–H and O–H groups in total. The molecule has 1 fully saturated rings. The van der Waals surface area contributed by atoms with Crippen LogP contribution < -0.4 is 4.90 Å². The number of esters is 1. The van der Waals surface area contributed by atoms with Crippen LogP contribution in [0.25, 0.3) is 6.08 Å². The highest BCUT2D eigenvalue weighted by molar-refractivity contribution is 9.10. The lowest BCUT2D eigenvalue weighted by atomic mass is 9.95. The van der Waals surface area contributed by atoms with Gasteiger partial charge in [-0.3, -0.25) is 9.59 Å². The van der Waals surface area contributed by atoms with Gasteiger partial charge in [-0.05, 0) is 37.1 Å². The van der Waals surface area contributed by atoms with Gasteiger partial charge in [0.25, 0.3) is 0 Å². The first-order valence-corrected chi connectivity index (χ1v) is 9.91. The van der Waals surface area contributed by atoms with E-state index in [0.717, 1.165) is 15.7 Å². The molecule has 2 heterocycles. The van der Waals surface area contributed by atoms with Gasteiger partial charge in [-0.1, -0.05) is 58.4 Å². The van der Waals surface area contributed by atoms with Crippen molar-refractivity contribution in [2.24, 2.45) is 5.92 Å². The average molecular weight is 426 g/mol. The molecule has 0 spiro atoms. The molecule has 0 amide bonds. The second-order valence-electron chi connectivity index (χ2n) is 6.80. The normalized spacial score (nSPS) is 22.9. The van der Waals surface area contributed by atoms with E-state index in [9.17, 15) is 9.59 Å². The number of Topliss-reactive ketones (excluding diaryl/α,β-unsaturated/α-hetero) is 1. The molecule has 2 aromatic rings. The van der Waals surface area contributed by atoms with Crippen LogP contribution in [0.15, 0.2) is 59.1 Å². The van der Waals surface area contributed by atoms with Crippen LogP contribution in [0.5, 0.6) is 0 Å². The minimum Gasteiger partial charge on any atom is -0.466 e. The smallest absolute Gasteiger partial charge is 0.311 e. The molecule has 0 aromatic heterocycles. The molecule has 2 aliphatic heterocycles. The summed E-state index contributed by atoms with van der Waals surface area (Å²) < 4.78 is 6.22. The van der Waals surface area contributed by atoms with Crippen LogP contribution in [0.2, 0.25) is 0 Å². The monoisotopic (exact) mass is 425 g/mol. The Kier molecular flexibility index (Phi) is 4.87. The van der Waals surface area contributed by atoms with E-state index in [1.54, 1.807) is 6.92 Å². The van der Waals surface area contributed by atoms with E-state index in [4.69, 9.17) is 4.74 Å². The van der Waals surface area contributed by atoms with Gasteiger partial charge in [0.15, 0.2) is 5.78 Å². The maximum Gasteiger partial charge on any atom is 0.311 e. The second-order valence-corrected chi connectivity index (χ2v) is 7.71. The fraction of sp³-hybridized carbons (Fsp3) is 0.273. The van der Waals surface area contributed by atoms with Gasteiger partial charge in [0, 0.05) is 15.7 Å². The standard InChI is InChI=1S/C22H20BrNO3/c1-2-27-22(26)17-13-20(21(25)15-7-10-16(23)11-8-15)24-18-6-4-3-5-14(18)9-12-19(17)24/h3-12,17,19-20H,2,13H2,1H3/t17-,19-,20+/m1/s1. The first kappa shape index (κ1) is 18.0. The van der Waals surface area contributed by atoms with Crippen molar-refractivity contribution in [1.82, 2.24) is 0 Å². The second kappa shape index (κ2) is 7.31. The van der Waals surface area contributed by atoms with E-state index in [2.05, 4.69) is 20.8 Å². The molecule has 5 heteroatoms. The Hall–Kier alpha value is -2.40. The van der Waals surface area contributed by atoms with Gasteiger partial charge in [0.1, 0.15) is 0 Å². The number of halogens is 1. The molecule has 2 aliphatic rings. The lowest BCUT2D eigenvalue weighted by Crippen LogP contribution is -2.43. The molecule has 0 saturated carbocycles. The number of ether oxygens (including phenoxy) is 1. The largest absolute Gasteiger partial charge is 0.466 e. The Labute approximate surface area is 167 Å². The van der Waals surface area contributed by atoms with Crippen LogP contribution in [0.1, 0.15) is 29.3 Å². The molecule has 3 atom stereocenters. The van der Waals surface area contributed by atoms with E-state index in [1.807, 2.05) is 60.7 Å². The van der Waals surface area contributed by atoms with Crippen molar-refractivity contribution in [2.75, 3.05) is 11.5 Å². The van der Waals surface area contributed by atoms with Crippen molar-refractivity contribution in [3.05, 3.63) is 70.2 Å². The molecule has 0 radical (unpaired) electrons. The molecular weight excluding hydrogens is 406 g/mol. The van der Waals surface area contributed by atoms with Crippen LogP contribution in [0.4, 0.5) is 5.69 Å². The summed E-state index contributed by atoms with van der Waals surface area (Å²) in [5.74, 6) is -0.550. The van der Waals surface area contributed by atoms with Crippen LogP contribution >= 0.6 is 15.9 Å². The maximum absolute atomic E-state index is 13.3. The zero-order chi connectivity index (χ0) is 19.0. The zero-order valence-corrected chi connectivity index (χ0v) is 16.6. The van der Waals surface area contributed by atoms with Gasteiger partial charge in [-0.15, -0.1) is 0 Å². The molecule has 0 aliphatic carbocycles. The minimum atomic E-state index is -0.392. The summed E-state index contributed by atoms with van der Waals surface area (Å²) in [6, 6.07) is 14.8. The van der Waals surface area contributed by atoms with Gasteiger partial charge in [-0.25, -0.2) is 0 Å². The third-order valence-corrected chi connectivity index (χ3v) is 5.78.